The lowest BCUT2D eigenvalue weighted by atomic mass is 10.2. The molecular formula is C19H12Cl2N4O3S2. The maximum absolute atomic E-state index is 12.6. The molecule has 0 atom stereocenters. The normalized spacial score (nSPS) is 14.6. The minimum absolute atomic E-state index is 0.0477. The van der Waals surface area contributed by atoms with Crippen molar-refractivity contribution in [3.8, 4) is 11.8 Å². The molecule has 0 unspecified atom stereocenters. The molecule has 11 heteroatoms. The first-order valence-electron chi connectivity index (χ1n) is 8.28. The van der Waals surface area contributed by atoms with Crippen molar-refractivity contribution < 1.29 is 14.3 Å². The van der Waals surface area contributed by atoms with Gasteiger partial charge in [0.2, 0.25) is 0 Å². The number of carbonyl (C=O) groups excluding carboxylic acids is 2. The summed E-state index contributed by atoms with van der Waals surface area (Å²) in [5.74, 6) is 0.0842. The monoisotopic (exact) mass is 478 g/mol. The van der Waals surface area contributed by atoms with Gasteiger partial charge in [-0.05, 0) is 54.2 Å². The van der Waals surface area contributed by atoms with Crippen LogP contribution >= 0.6 is 47.2 Å². The van der Waals surface area contributed by atoms with Crippen LogP contribution in [0.2, 0.25) is 10.0 Å². The Morgan fingerprint density at radius 3 is 2.63 bits per heavy atom. The molecule has 2 aromatic carbocycles. The van der Waals surface area contributed by atoms with Crippen molar-refractivity contribution in [2.45, 2.75) is 0 Å². The number of thiocarbonyl (C=S) groups is 1. The highest BCUT2D eigenvalue weighted by Gasteiger charge is 2.33. The minimum atomic E-state index is -0.662. The Morgan fingerprint density at radius 2 is 1.97 bits per heavy atom. The Labute approximate surface area is 191 Å². The third-order valence-electron chi connectivity index (χ3n) is 3.67. The first kappa shape index (κ1) is 21.9. The Balaban J connectivity index is 1.65. The number of thioether (sulfide) groups is 1. The minimum Gasteiger partial charge on any atom is -0.479 e. The standard InChI is InChI=1S/C19H12Cl2N4O3S2/c20-14-6-3-12(10-15(14)21)23-18(27)24-25-17(26)16(30-19(25)29)9-11-1-4-13(5-2-11)28-8-7-22/h1-6,9-10H,8H2,(H2,23,24,27)/b16-9-. The molecule has 1 heterocycles. The van der Waals surface area contributed by atoms with Gasteiger partial charge in [0.25, 0.3) is 5.91 Å². The Morgan fingerprint density at radius 1 is 1.23 bits per heavy atom. The highest BCUT2D eigenvalue weighted by Crippen LogP contribution is 2.32. The molecule has 2 N–H and O–H groups in total. The number of hydrogen-bond donors (Lipinski definition) is 2. The average molecular weight is 479 g/mol. The van der Waals surface area contributed by atoms with E-state index in [1.54, 1.807) is 42.5 Å². The lowest BCUT2D eigenvalue weighted by molar-refractivity contribution is -0.123. The number of nitrogens with one attached hydrogen (secondary N) is 2. The molecule has 0 radical (unpaired) electrons. The van der Waals surface area contributed by atoms with Crippen molar-refractivity contribution in [3.05, 3.63) is 63.0 Å². The molecule has 0 bridgehead atoms. The number of urea groups is 1. The number of amides is 3. The topological polar surface area (TPSA) is 94.5 Å². The molecule has 0 spiro atoms. The fourth-order valence-corrected chi connectivity index (χ4v) is 3.80. The third kappa shape index (κ3) is 5.43. The molecule has 0 aliphatic carbocycles. The largest absolute Gasteiger partial charge is 0.479 e. The van der Waals surface area contributed by atoms with Crippen molar-refractivity contribution in [2.24, 2.45) is 0 Å². The molecule has 3 rings (SSSR count). The van der Waals surface area contributed by atoms with E-state index in [1.807, 2.05) is 6.07 Å². The number of ether oxygens (including phenoxy) is 1. The summed E-state index contributed by atoms with van der Waals surface area (Å²) in [6.07, 6.45) is 1.64. The summed E-state index contributed by atoms with van der Waals surface area (Å²) < 4.78 is 5.37. The molecule has 7 nitrogen and oxygen atoms in total. The highest BCUT2D eigenvalue weighted by atomic mass is 35.5. The second-order valence-electron chi connectivity index (χ2n) is 5.73. The number of hydrazine groups is 1. The van der Waals surface area contributed by atoms with E-state index < -0.39 is 11.9 Å². The van der Waals surface area contributed by atoms with Gasteiger partial charge in [-0.15, -0.1) is 0 Å². The molecule has 1 saturated heterocycles. The summed E-state index contributed by atoms with van der Waals surface area (Å²) >= 11 is 18.0. The molecule has 2 aromatic rings. The van der Waals surface area contributed by atoms with E-state index in [9.17, 15) is 9.59 Å². The van der Waals surface area contributed by atoms with Gasteiger partial charge in [0.1, 0.15) is 11.8 Å². The zero-order valence-corrected chi connectivity index (χ0v) is 18.2. The number of nitrogens with zero attached hydrogens (tertiary/aromatic N) is 2. The summed E-state index contributed by atoms with van der Waals surface area (Å²) in [5, 5.41) is 12.7. The predicted octanol–water partition coefficient (Wildman–Crippen LogP) is 4.83. The van der Waals surface area contributed by atoms with Crippen LogP contribution in [-0.4, -0.2) is 27.9 Å². The SMILES string of the molecule is N#CCOc1ccc(/C=C2\SC(=S)N(NC(=O)Nc3ccc(Cl)c(Cl)c3)C2=O)cc1. The number of anilines is 1. The highest BCUT2D eigenvalue weighted by molar-refractivity contribution is 8.26. The summed E-state index contributed by atoms with van der Waals surface area (Å²) in [6.45, 7) is -0.0477. The quantitative estimate of drug-likeness (QED) is 0.471. The summed E-state index contributed by atoms with van der Waals surface area (Å²) in [5.41, 5.74) is 3.55. The first-order valence-corrected chi connectivity index (χ1v) is 10.3. The van der Waals surface area contributed by atoms with Gasteiger partial charge in [0.05, 0.1) is 15.0 Å². The number of benzene rings is 2. The van der Waals surface area contributed by atoms with Crippen LogP contribution < -0.4 is 15.5 Å². The Bertz CT molecular complexity index is 1080. The van der Waals surface area contributed by atoms with Gasteiger partial charge in [0.15, 0.2) is 10.9 Å². The zero-order valence-electron chi connectivity index (χ0n) is 15.0. The Kier molecular flexibility index (Phi) is 7.18. The molecule has 1 aliphatic heterocycles. The number of halogens is 2. The summed E-state index contributed by atoms with van der Waals surface area (Å²) in [7, 11) is 0. The second-order valence-corrected chi connectivity index (χ2v) is 8.22. The van der Waals surface area contributed by atoms with Crippen molar-refractivity contribution >= 4 is 75.2 Å². The van der Waals surface area contributed by atoms with E-state index in [2.05, 4.69) is 10.7 Å². The number of hydrogen-bond acceptors (Lipinski definition) is 6. The molecule has 1 aliphatic rings. The molecule has 0 aromatic heterocycles. The van der Waals surface area contributed by atoms with Crippen LogP contribution in [0.25, 0.3) is 6.08 Å². The first-order chi connectivity index (χ1) is 14.4. The van der Waals surface area contributed by atoms with Gasteiger partial charge < -0.3 is 10.1 Å². The van der Waals surface area contributed by atoms with Gasteiger partial charge in [-0.2, -0.15) is 10.3 Å². The van der Waals surface area contributed by atoms with E-state index in [0.29, 0.717) is 21.4 Å². The maximum atomic E-state index is 12.6. The van der Waals surface area contributed by atoms with Gasteiger partial charge >= 0.3 is 6.03 Å². The number of nitriles is 1. The van der Waals surface area contributed by atoms with Gasteiger partial charge in [0, 0.05) is 5.69 Å². The average Bonchev–Trinajstić information content (AvgIpc) is 2.97. The van der Waals surface area contributed by atoms with Crippen molar-refractivity contribution in [1.82, 2.24) is 10.4 Å². The second kappa shape index (κ2) is 9.82. The lowest BCUT2D eigenvalue weighted by Gasteiger charge is -2.16. The number of carbonyl (C=O) groups is 2. The predicted molar refractivity (Wildman–Crippen MR) is 121 cm³/mol. The molecule has 152 valence electrons. The van der Waals surface area contributed by atoms with Gasteiger partial charge in [-0.3, -0.25) is 4.79 Å². The smallest absolute Gasteiger partial charge is 0.338 e. The van der Waals surface area contributed by atoms with E-state index in [4.69, 9.17) is 45.4 Å². The number of rotatable bonds is 5. The lowest BCUT2D eigenvalue weighted by Crippen LogP contribution is -2.46. The zero-order chi connectivity index (χ0) is 21.7. The third-order valence-corrected chi connectivity index (χ3v) is 5.71. The fraction of sp³-hybridized carbons (Fsp3) is 0.0526. The molecular weight excluding hydrogens is 467 g/mol. The van der Waals surface area contributed by atoms with E-state index >= 15 is 0 Å². The van der Waals surface area contributed by atoms with Crippen LogP contribution in [0.4, 0.5) is 10.5 Å². The summed E-state index contributed by atoms with van der Waals surface area (Å²) in [4.78, 5) is 25.2. The van der Waals surface area contributed by atoms with Crippen LogP contribution in [0.15, 0.2) is 47.4 Å². The van der Waals surface area contributed by atoms with Crippen LogP contribution in [0.1, 0.15) is 5.56 Å². The van der Waals surface area contributed by atoms with Gasteiger partial charge in [-0.1, -0.05) is 47.1 Å². The Hall–Kier alpha value is -2.77. The van der Waals surface area contributed by atoms with Crippen LogP contribution in [-0.2, 0) is 4.79 Å². The molecule has 0 saturated carbocycles. The van der Waals surface area contributed by atoms with Crippen LogP contribution in [0.5, 0.6) is 5.75 Å². The van der Waals surface area contributed by atoms with Crippen molar-refractivity contribution in [1.29, 1.82) is 5.26 Å². The molecule has 30 heavy (non-hydrogen) atoms. The molecule has 3 amide bonds. The van der Waals surface area contributed by atoms with Crippen molar-refractivity contribution in [2.75, 3.05) is 11.9 Å². The summed E-state index contributed by atoms with van der Waals surface area (Å²) in [6, 6.07) is 12.7. The maximum Gasteiger partial charge on any atom is 0.338 e. The van der Waals surface area contributed by atoms with Crippen LogP contribution in [0.3, 0.4) is 0 Å². The van der Waals surface area contributed by atoms with E-state index in [1.165, 1.54) is 6.07 Å². The molecule has 1 fully saturated rings. The van der Waals surface area contributed by atoms with Crippen LogP contribution in [0, 0.1) is 11.3 Å². The van der Waals surface area contributed by atoms with Crippen molar-refractivity contribution in [3.63, 3.8) is 0 Å². The van der Waals surface area contributed by atoms with E-state index in [-0.39, 0.29) is 16.0 Å². The van der Waals surface area contributed by atoms with E-state index in [0.717, 1.165) is 22.3 Å². The van der Waals surface area contributed by atoms with Gasteiger partial charge in [-0.25, -0.2) is 10.2 Å². The fourth-order valence-electron chi connectivity index (χ4n) is 2.33.